The van der Waals surface area contributed by atoms with Crippen LogP contribution < -0.4 is 0 Å². The second kappa shape index (κ2) is 6.34. The summed E-state index contributed by atoms with van der Waals surface area (Å²) in [6.07, 6.45) is 1.94. The minimum atomic E-state index is -3.80. The van der Waals surface area contributed by atoms with Crippen molar-refractivity contribution in [3.63, 3.8) is 0 Å². The Morgan fingerprint density at radius 3 is 2.27 bits per heavy atom. The minimum absolute atomic E-state index is 0.0216. The SMILES string of the molecule is CC(C)N(C(=O)CN(C)S(=O)(=O)c1ccc(F)cc1)C1CC1. The second-order valence-electron chi connectivity index (χ2n) is 5.84. The molecule has 0 heterocycles. The highest BCUT2D eigenvalue weighted by molar-refractivity contribution is 7.89. The predicted octanol–water partition coefficient (Wildman–Crippen LogP) is 1.85. The fraction of sp³-hybridized carbons (Fsp3) is 0.533. The second-order valence-corrected chi connectivity index (χ2v) is 7.89. The van der Waals surface area contributed by atoms with Gasteiger partial charge in [0.05, 0.1) is 11.4 Å². The molecule has 5 nitrogen and oxygen atoms in total. The third-order valence-electron chi connectivity index (χ3n) is 3.66. The lowest BCUT2D eigenvalue weighted by molar-refractivity contribution is -0.133. The van der Waals surface area contributed by atoms with Gasteiger partial charge in [-0.25, -0.2) is 12.8 Å². The molecule has 0 N–H and O–H groups in total. The number of hydrogen-bond acceptors (Lipinski definition) is 3. The first-order valence-electron chi connectivity index (χ1n) is 7.26. The molecule has 0 bridgehead atoms. The molecule has 0 unspecified atom stereocenters. The largest absolute Gasteiger partial charge is 0.336 e. The number of carbonyl (C=O) groups is 1. The molecule has 1 amide bonds. The predicted molar refractivity (Wildman–Crippen MR) is 81.2 cm³/mol. The van der Waals surface area contributed by atoms with Crippen LogP contribution in [0, 0.1) is 5.82 Å². The smallest absolute Gasteiger partial charge is 0.243 e. The van der Waals surface area contributed by atoms with Crippen molar-refractivity contribution in [2.75, 3.05) is 13.6 Å². The van der Waals surface area contributed by atoms with E-state index in [4.69, 9.17) is 0 Å². The zero-order chi connectivity index (χ0) is 16.5. The van der Waals surface area contributed by atoms with Crippen molar-refractivity contribution in [3.8, 4) is 0 Å². The topological polar surface area (TPSA) is 57.7 Å². The van der Waals surface area contributed by atoms with Crippen molar-refractivity contribution in [2.45, 2.75) is 43.7 Å². The fourth-order valence-corrected chi connectivity index (χ4v) is 3.53. The van der Waals surface area contributed by atoms with Gasteiger partial charge in [0.25, 0.3) is 0 Å². The van der Waals surface area contributed by atoms with Gasteiger partial charge in [-0.15, -0.1) is 0 Å². The normalized spacial score (nSPS) is 15.4. The molecule has 1 aliphatic carbocycles. The molecule has 2 rings (SSSR count). The number of likely N-dealkylation sites (N-methyl/N-ethyl adjacent to an activating group) is 1. The minimum Gasteiger partial charge on any atom is -0.336 e. The standard InChI is InChI=1S/C15H21FN2O3S/c1-11(2)18(13-6-7-13)15(19)10-17(3)22(20,21)14-8-4-12(16)5-9-14/h4-5,8-9,11,13H,6-7,10H2,1-3H3. The number of nitrogens with zero attached hydrogens (tertiary/aromatic N) is 2. The van der Waals surface area contributed by atoms with Gasteiger partial charge in [-0.05, 0) is 51.0 Å². The van der Waals surface area contributed by atoms with E-state index in [1.54, 1.807) is 4.90 Å². The summed E-state index contributed by atoms with van der Waals surface area (Å²) in [6.45, 7) is 3.63. The number of amides is 1. The molecular formula is C15H21FN2O3S. The summed E-state index contributed by atoms with van der Waals surface area (Å²) in [5.74, 6) is -0.705. The van der Waals surface area contributed by atoms with Gasteiger partial charge < -0.3 is 4.90 Å². The Labute approximate surface area is 130 Å². The molecule has 22 heavy (non-hydrogen) atoms. The van der Waals surface area contributed by atoms with Crippen molar-refractivity contribution in [1.29, 1.82) is 0 Å². The van der Waals surface area contributed by atoms with Crippen LogP contribution in [-0.2, 0) is 14.8 Å². The first kappa shape index (κ1) is 16.9. The summed E-state index contributed by atoms with van der Waals surface area (Å²) in [4.78, 5) is 14.1. The highest BCUT2D eigenvalue weighted by Crippen LogP contribution is 2.29. The Morgan fingerprint density at radius 2 is 1.82 bits per heavy atom. The molecule has 7 heteroatoms. The zero-order valence-corrected chi connectivity index (χ0v) is 13.8. The van der Waals surface area contributed by atoms with Gasteiger partial charge in [-0.1, -0.05) is 0 Å². The van der Waals surface area contributed by atoms with Crippen LogP contribution in [0.25, 0.3) is 0 Å². The Bertz CT molecular complexity index is 637. The first-order chi connectivity index (χ1) is 10.2. The highest BCUT2D eigenvalue weighted by atomic mass is 32.2. The summed E-state index contributed by atoms with van der Waals surface area (Å²) >= 11 is 0. The Hall–Kier alpha value is -1.47. The average Bonchev–Trinajstić information content (AvgIpc) is 3.23. The summed E-state index contributed by atoms with van der Waals surface area (Å²) in [5.41, 5.74) is 0. The number of rotatable bonds is 6. The lowest BCUT2D eigenvalue weighted by atomic mass is 10.3. The van der Waals surface area contributed by atoms with Gasteiger partial charge >= 0.3 is 0 Å². The number of hydrogen-bond donors (Lipinski definition) is 0. The lowest BCUT2D eigenvalue weighted by Gasteiger charge is -2.28. The summed E-state index contributed by atoms with van der Waals surface area (Å²) < 4.78 is 38.7. The summed E-state index contributed by atoms with van der Waals surface area (Å²) in [7, 11) is -2.43. The molecular weight excluding hydrogens is 307 g/mol. The van der Waals surface area contributed by atoms with Gasteiger partial charge in [-0.2, -0.15) is 4.31 Å². The maximum Gasteiger partial charge on any atom is 0.243 e. The van der Waals surface area contributed by atoms with Crippen molar-refractivity contribution in [3.05, 3.63) is 30.1 Å². The van der Waals surface area contributed by atoms with E-state index in [9.17, 15) is 17.6 Å². The Morgan fingerprint density at radius 1 is 1.27 bits per heavy atom. The van der Waals surface area contributed by atoms with Gasteiger partial charge in [0.2, 0.25) is 15.9 Å². The molecule has 1 aromatic rings. The van der Waals surface area contributed by atoms with Crippen molar-refractivity contribution in [2.24, 2.45) is 0 Å². The zero-order valence-electron chi connectivity index (χ0n) is 13.0. The number of carbonyl (C=O) groups excluding carboxylic acids is 1. The Balaban J connectivity index is 2.11. The molecule has 1 aromatic carbocycles. The lowest BCUT2D eigenvalue weighted by Crippen LogP contribution is -2.45. The molecule has 0 radical (unpaired) electrons. The Kier molecular flexibility index (Phi) is 4.87. The van der Waals surface area contributed by atoms with Crippen LogP contribution in [0.1, 0.15) is 26.7 Å². The fourth-order valence-electron chi connectivity index (χ4n) is 2.41. The number of benzene rings is 1. The monoisotopic (exact) mass is 328 g/mol. The highest BCUT2D eigenvalue weighted by Gasteiger charge is 2.35. The van der Waals surface area contributed by atoms with E-state index in [1.807, 2.05) is 13.8 Å². The van der Waals surface area contributed by atoms with Gasteiger partial charge in [-0.3, -0.25) is 4.79 Å². The van der Waals surface area contributed by atoms with Crippen LogP contribution in [0.4, 0.5) is 4.39 Å². The van der Waals surface area contributed by atoms with Gasteiger partial charge in [0.15, 0.2) is 0 Å². The molecule has 0 aromatic heterocycles. The number of halogens is 1. The van der Waals surface area contributed by atoms with E-state index in [0.717, 1.165) is 29.3 Å². The summed E-state index contributed by atoms with van der Waals surface area (Å²) in [5, 5.41) is 0. The molecule has 0 atom stereocenters. The average molecular weight is 328 g/mol. The molecule has 1 aliphatic rings. The van der Waals surface area contributed by atoms with Gasteiger partial charge in [0, 0.05) is 19.1 Å². The molecule has 0 spiro atoms. The third-order valence-corrected chi connectivity index (χ3v) is 5.48. The summed E-state index contributed by atoms with van der Waals surface area (Å²) in [6, 6.07) is 4.86. The maximum atomic E-state index is 12.9. The van der Waals surface area contributed by atoms with Crippen LogP contribution in [0.3, 0.4) is 0 Å². The van der Waals surface area contributed by atoms with E-state index in [0.29, 0.717) is 0 Å². The van der Waals surface area contributed by atoms with E-state index >= 15 is 0 Å². The van der Waals surface area contributed by atoms with Crippen molar-refractivity contribution >= 4 is 15.9 Å². The molecule has 0 aliphatic heterocycles. The first-order valence-corrected chi connectivity index (χ1v) is 8.70. The maximum absolute atomic E-state index is 12.9. The molecule has 1 fully saturated rings. The molecule has 1 saturated carbocycles. The molecule has 0 saturated heterocycles. The van der Waals surface area contributed by atoms with Gasteiger partial charge in [0.1, 0.15) is 5.82 Å². The van der Waals surface area contributed by atoms with Crippen LogP contribution >= 0.6 is 0 Å². The van der Waals surface area contributed by atoms with Crippen LogP contribution in [0.2, 0.25) is 0 Å². The third kappa shape index (κ3) is 3.64. The quantitative estimate of drug-likeness (QED) is 0.801. The van der Waals surface area contributed by atoms with Crippen LogP contribution in [0.15, 0.2) is 29.2 Å². The van der Waals surface area contributed by atoms with Crippen molar-refractivity contribution < 1.29 is 17.6 Å². The van der Waals surface area contributed by atoms with Crippen LogP contribution in [-0.4, -0.2) is 49.2 Å². The number of sulfonamides is 1. The van der Waals surface area contributed by atoms with E-state index in [1.165, 1.54) is 19.2 Å². The van der Waals surface area contributed by atoms with Crippen LogP contribution in [0.5, 0.6) is 0 Å². The van der Waals surface area contributed by atoms with Crippen molar-refractivity contribution in [1.82, 2.24) is 9.21 Å². The molecule has 122 valence electrons. The van der Waals surface area contributed by atoms with E-state index < -0.39 is 15.8 Å². The van der Waals surface area contributed by atoms with E-state index in [-0.39, 0.29) is 29.4 Å². The van der Waals surface area contributed by atoms with E-state index in [2.05, 4.69) is 0 Å².